The quantitative estimate of drug-likeness (QED) is 0.584. The number of benzene rings is 2. The molecule has 0 fully saturated rings. The van der Waals surface area contributed by atoms with Crippen LogP contribution >= 0.6 is 11.8 Å². The SMILES string of the molecule is O=C(CSc1ccccc1)Nc1ccc(O)cc1C(=O)O. The van der Waals surface area contributed by atoms with Gasteiger partial charge in [-0.2, -0.15) is 0 Å². The van der Waals surface area contributed by atoms with Crippen molar-refractivity contribution in [2.24, 2.45) is 0 Å². The van der Waals surface area contributed by atoms with E-state index in [9.17, 15) is 14.7 Å². The fourth-order valence-corrected chi connectivity index (χ4v) is 2.39. The molecular formula is C15H13NO4S. The Morgan fingerprint density at radius 1 is 1.10 bits per heavy atom. The van der Waals surface area contributed by atoms with Crippen LogP contribution in [0.4, 0.5) is 5.69 Å². The van der Waals surface area contributed by atoms with Crippen molar-refractivity contribution in [1.29, 1.82) is 0 Å². The topological polar surface area (TPSA) is 86.6 Å². The fourth-order valence-electron chi connectivity index (χ4n) is 1.67. The summed E-state index contributed by atoms with van der Waals surface area (Å²) in [5.41, 5.74) is 0.0204. The average Bonchev–Trinajstić information content (AvgIpc) is 2.48. The molecule has 0 bridgehead atoms. The number of carboxylic acid groups (broad SMARTS) is 1. The first-order valence-electron chi connectivity index (χ1n) is 6.10. The number of carbonyl (C=O) groups is 2. The summed E-state index contributed by atoms with van der Waals surface area (Å²) in [6, 6.07) is 13.2. The van der Waals surface area contributed by atoms with Crippen molar-refractivity contribution in [3.05, 3.63) is 54.1 Å². The van der Waals surface area contributed by atoms with Crippen molar-refractivity contribution in [1.82, 2.24) is 0 Å². The fraction of sp³-hybridized carbons (Fsp3) is 0.0667. The van der Waals surface area contributed by atoms with Crippen LogP contribution in [0.3, 0.4) is 0 Å². The highest BCUT2D eigenvalue weighted by molar-refractivity contribution is 8.00. The van der Waals surface area contributed by atoms with E-state index in [4.69, 9.17) is 5.11 Å². The normalized spacial score (nSPS) is 10.1. The molecule has 0 aliphatic rings. The molecule has 108 valence electrons. The van der Waals surface area contributed by atoms with Crippen molar-refractivity contribution < 1.29 is 19.8 Å². The Morgan fingerprint density at radius 2 is 1.81 bits per heavy atom. The van der Waals surface area contributed by atoms with Crippen LogP contribution in [-0.4, -0.2) is 27.8 Å². The molecule has 5 nitrogen and oxygen atoms in total. The Bertz CT molecular complexity index is 658. The zero-order chi connectivity index (χ0) is 15.2. The van der Waals surface area contributed by atoms with Gasteiger partial charge in [0.2, 0.25) is 5.91 Å². The van der Waals surface area contributed by atoms with Crippen LogP contribution in [0, 0.1) is 0 Å². The van der Waals surface area contributed by atoms with Crippen LogP contribution in [0.2, 0.25) is 0 Å². The summed E-state index contributed by atoms with van der Waals surface area (Å²) in [5.74, 6) is -1.51. The summed E-state index contributed by atoms with van der Waals surface area (Å²) in [6.07, 6.45) is 0. The first kappa shape index (κ1) is 14.9. The second-order valence-electron chi connectivity index (χ2n) is 4.18. The highest BCUT2D eigenvalue weighted by Gasteiger charge is 2.13. The number of thioether (sulfide) groups is 1. The Balaban J connectivity index is 2.01. The van der Waals surface area contributed by atoms with Gasteiger partial charge in [0, 0.05) is 4.90 Å². The lowest BCUT2D eigenvalue weighted by atomic mass is 10.1. The molecule has 0 radical (unpaired) electrons. The average molecular weight is 303 g/mol. The lowest BCUT2D eigenvalue weighted by Gasteiger charge is -2.08. The number of phenols is 1. The number of carboxylic acids is 1. The molecule has 0 atom stereocenters. The molecule has 2 rings (SSSR count). The number of carbonyl (C=O) groups excluding carboxylic acids is 1. The number of aromatic carboxylic acids is 1. The van der Waals surface area contributed by atoms with Crippen LogP contribution in [0.1, 0.15) is 10.4 Å². The summed E-state index contributed by atoms with van der Waals surface area (Å²) in [4.78, 5) is 23.9. The Morgan fingerprint density at radius 3 is 2.48 bits per heavy atom. The van der Waals surface area contributed by atoms with E-state index in [-0.39, 0.29) is 28.7 Å². The number of amides is 1. The molecule has 0 aliphatic heterocycles. The highest BCUT2D eigenvalue weighted by atomic mass is 32.2. The predicted octanol–water partition coefficient (Wildman–Crippen LogP) is 2.82. The molecule has 0 aromatic heterocycles. The Hall–Kier alpha value is -2.47. The molecule has 0 spiro atoms. The van der Waals surface area contributed by atoms with E-state index >= 15 is 0 Å². The number of phenolic OH excluding ortho intramolecular Hbond substituents is 1. The monoisotopic (exact) mass is 303 g/mol. The summed E-state index contributed by atoms with van der Waals surface area (Å²) < 4.78 is 0. The first-order chi connectivity index (χ1) is 10.1. The number of hydrogen-bond acceptors (Lipinski definition) is 4. The third-order valence-corrected chi connectivity index (χ3v) is 3.63. The van der Waals surface area contributed by atoms with Gasteiger partial charge in [-0.25, -0.2) is 4.79 Å². The van der Waals surface area contributed by atoms with Crippen molar-refractivity contribution in [3.8, 4) is 5.75 Å². The Labute approximate surface area is 125 Å². The van der Waals surface area contributed by atoms with Gasteiger partial charge >= 0.3 is 5.97 Å². The molecule has 2 aromatic carbocycles. The van der Waals surface area contributed by atoms with E-state index in [1.54, 1.807) is 0 Å². The maximum Gasteiger partial charge on any atom is 0.337 e. The number of aromatic hydroxyl groups is 1. The standard InChI is InChI=1S/C15H13NO4S/c17-10-6-7-13(12(8-10)15(19)20)16-14(18)9-21-11-4-2-1-3-5-11/h1-8,17H,9H2,(H,16,18)(H,19,20). The largest absolute Gasteiger partial charge is 0.508 e. The molecule has 0 saturated carbocycles. The van der Waals surface area contributed by atoms with E-state index in [1.165, 1.54) is 23.9 Å². The molecule has 3 N–H and O–H groups in total. The number of hydrogen-bond donors (Lipinski definition) is 3. The van der Waals surface area contributed by atoms with Crippen molar-refractivity contribution in [2.75, 3.05) is 11.1 Å². The highest BCUT2D eigenvalue weighted by Crippen LogP contribution is 2.22. The Kier molecular flexibility index (Phi) is 4.84. The summed E-state index contributed by atoms with van der Waals surface area (Å²) in [6.45, 7) is 0. The van der Waals surface area contributed by atoms with E-state index in [0.29, 0.717) is 0 Å². The van der Waals surface area contributed by atoms with Gasteiger partial charge in [0.15, 0.2) is 0 Å². The smallest absolute Gasteiger partial charge is 0.337 e. The molecular weight excluding hydrogens is 290 g/mol. The zero-order valence-corrected chi connectivity index (χ0v) is 11.8. The maximum absolute atomic E-state index is 11.9. The van der Waals surface area contributed by atoms with Crippen molar-refractivity contribution >= 4 is 29.3 Å². The molecule has 0 heterocycles. The van der Waals surface area contributed by atoms with Gasteiger partial charge in [-0.05, 0) is 30.3 Å². The van der Waals surface area contributed by atoms with Gasteiger partial charge < -0.3 is 15.5 Å². The second-order valence-corrected chi connectivity index (χ2v) is 5.23. The van der Waals surface area contributed by atoms with Gasteiger partial charge in [-0.15, -0.1) is 11.8 Å². The van der Waals surface area contributed by atoms with E-state index in [0.717, 1.165) is 11.0 Å². The van der Waals surface area contributed by atoms with Gasteiger partial charge in [0.25, 0.3) is 0 Å². The molecule has 6 heteroatoms. The summed E-state index contributed by atoms with van der Waals surface area (Å²) in [5, 5.41) is 20.9. The molecule has 0 unspecified atom stereocenters. The van der Waals surface area contributed by atoms with E-state index in [2.05, 4.69) is 5.32 Å². The van der Waals surface area contributed by atoms with E-state index in [1.807, 2.05) is 30.3 Å². The summed E-state index contributed by atoms with van der Waals surface area (Å²) >= 11 is 1.36. The van der Waals surface area contributed by atoms with Crippen LogP contribution < -0.4 is 5.32 Å². The number of rotatable bonds is 5. The maximum atomic E-state index is 11.9. The second kappa shape index (κ2) is 6.81. The van der Waals surface area contributed by atoms with Crippen LogP contribution in [0.5, 0.6) is 5.75 Å². The van der Waals surface area contributed by atoms with Crippen LogP contribution in [0.25, 0.3) is 0 Å². The predicted molar refractivity (Wildman–Crippen MR) is 80.9 cm³/mol. The van der Waals surface area contributed by atoms with Crippen LogP contribution in [-0.2, 0) is 4.79 Å². The molecule has 1 amide bonds. The minimum atomic E-state index is -1.21. The molecule has 21 heavy (non-hydrogen) atoms. The van der Waals surface area contributed by atoms with Crippen LogP contribution in [0.15, 0.2) is 53.4 Å². The third-order valence-electron chi connectivity index (χ3n) is 2.62. The lowest BCUT2D eigenvalue weighted by molar-refractivity contribution is -0.113. The zero-order valence-electron chi connectivity index (χ0n) is 10.9. The first-order valence-corrected chi connectivity index (χ1v) is 7.09. The van der Waals surface area contributed by atoms with Gasteiger partial charge in [-0.3, -0.25) is 4.79 Å². The summed E-state index contributed by atoms with van der Waals surface area (Å²) in [7, 11) is 0. The van der Waals surface area contributed by atoms with Gasteiger partial charge in [0.05, 0.1) is 17.0 Å². The molecule has 0 aliphatic carbocycles. The molecule has 0 saturated heterocycles. The number of nitrogens with one attached hydrogen (secondary N) is 1. The molecule has 2 aromatic rings. The number of anilines is 1. The van der Waals surface area contributed by atoms with Gasteiger partial charge in [0.1, 0.15) is 5.75 Å². The van der Waals surface area contributed by atoms with Gasteiger partial charge in [-0.1, -0.05) is 18.2 Å². The lowest BCUT2D eigenvalue weighted by Crippen LogP contribution is -2.16. The third kappa shape index (κ3) is 4.25. The minimum Gasteiger partial charge on any atom is -0.508 e. The van der Waals surface area contributed by atoms with E-state index < -0.39 is 5.97 Å². The van der Waals surface area contributed by atoms with Crippen molar-refractivity contribution in [3.63, 3.8) is 0 Å². The minimum absolute atomic E-state index is 0.145. The van der Waals surface area contributed by atoms with Crippen molar-refractivity contribution in [2.45, 2.75) is 4.90 Å².